The van der Waals surface area contributed by atoms with Gasteiger partial charge in [-0.2, -0.15) is 0 Å². The highest BCUT2D eigenvalue weighted by Gasteiger charge is 2.39. The molecular formula is C14H25NO. The monoisotopic (exact) mass is 223 g/mol. The number of nitrogens with zero attached hydrogens (tertiary/aromatic N) is 1. The van der Waals surface area contributed by atoms with Crippen LogP contribution in [0.1, 0.15) is 57.8 Å². The van der Waals surface area contributed by atoms with Crippen LogP contribution in [0, 0.1) is 0 Å². The first-order valence-corrected chi connectivity index (χ1v) is 7.26. The van der Waals surface area contributed by atoms with Gasteiger partial charge < -0.3 is 9.64 Å². The van der Waals surface area contributed by atoms with Crippen LogP contribution < -0.4 is 0 Å². The Morgan fingerprint density at radius 1 is 0.875 bits per heavy atom. The van der Waals surface area contributed by atoms with E-state index in [2.05, 4.69) is 4.90 Å². The van der Waals surface area contributed by atoms with Gasteiger partial charge in [0.15, 0.2) is 0 Å². The normalized spacial score (nSPS) is 32.2. The summed E-state index contributed by atoms with van der Waals surface area (Å²) in [5.41, 5.74) is 0.311. The quantitative estimate of drug-likeness (QED) is 0.677. The molecule has 0 unspecified atom stereocenters. The van der Waals surface area contributed by atoms with Crippen molar-refractivity contribution in [1.29, 1.82) is 0 Å². The van der Waals surface area contributed by atoms with E-state index in [0.717, 1.165) is 12.6 Å². The summed E-state index contributed by atoms with van der Waals surface area (Å²) >= 11 is 0. The van der Waals surface area contributed by atoms with E-state index in [4.69, 9.17) is 4.74 Å². The molecule has 3 fully saturated rings. The van der Waals surface area contributed by atoms with Crippen molar-refractivity contribution in [2.75, 3.05) is 19.7 Å². The van der Waals surface area contributed by atoms with Gasteiger partial charge in [-0.15, -0.1) is 0 Å². The minimum absolute atomic E-state index is 0.311. The number of piperidine rings is 1. The van der Waals surface area contributed by atoms with Crippen LogP contribution in [0.15, 0.2) is 0 Å². The SMILES string of the molecule is C1CCC(N2CCC3(CCCO3)CC2)CC1. The van der Waals surface area contributed by atoms with Crippen LogP contribution in [0.5, 0.6) is 0 Å². The molecule has 2 heterocycles. The molecule has 2 saturated heterocycles. The first-order chi connectivity index (χ1) is 7.88. The van der Waals surface area contributed by atoms with Gasteiger partial charge in [0.2, 0.25) is 0 Å². The van der Waals surface area contributed by atoms with Gasteiger partial charge in [-0.05, 0) is 38.5 Å². The van der Waals surface area contributed by atoms with Crippen molar-refractivity contribution in [3.8, 4) is 0 Å². The molecule has 3 rings (SSSR count). The maximum atomic E-state index is 5.99. The Balaban J connectivity index is 1.53. The van der Waals surface area contributed by atoms with Crippen LogP contribution in [-0.4, -0.2) is 36.2 Å². The number of likely N-dealkylation sites (tertiary alicyclic amines) is 1. The summed E-state index contributed by atoms with van der Waals surface area (Å²) in [6.45, 7) is 3.61. The van der Waals surface area contributed by atoms with E-state index in [1.165, 1.54) is 70.9 Å². The molecule has 3 aliphatic rings. The highest BCUT2D eigenvalue weighted by atomic mass is 16.5. The molecule has 1 spiro atoms. The van der Waals surface area contributed by atoms with Crippen molar-refractivity contribution in [2.45, 2.75) is 69.4 Å². The Kier molecular flexibility index (Phi) is 3.21. The minimum Gasteiger partial charge on any atom is -0.375 e. The number of hydrogen-bond acceptors (Lipinski definition) is 2. The van der Waals surface area contributed by atoms with Crippen molar-refractivity contribution >= 4 is 0 Å². The Morgan fingerprint density at radius 2 is 1.62 bits per heavy atom. The van der Waals surface area contributed by atoms with Gasteiger partial charge in [-0.3, -0.25) is 0 Å². The summed E-state index contributed by atoms with van der Waals surface area (Å²) in [6.07, 6.45) is 12.5. The fourth-order valence-corrected chi connectivity index (χ4v) is 3.89. The molecule has 92 valence electrons. The lowest BCUT2D eigenvalue weighted by Gasteiger charge is -2.43. The van der Waals surface area contributed by atoms with Crippen molar-refractivity contribution in [3.63, 3.8) is 0 Å². The Hall–Kier alpha value is -0.0800. The Bertz CT molecular complexity index is 219. The summed E-state index contributed by atoms with van der Waals surface area (Å²) in [6, 6.07) is 0.910. The molecule has 0 bridgehead atoms. The molecule has 0 radical (unpaired) electrons. The van der Waals surface area contributed by atoms with Crippen LogP contribution in [0.3, 0.4) is 0 Å². The lowest BCUT2D eigenvalue weighted by molar-refractivity contribution is -0.0533. The first kappa shape index (κ1) is 11.0. The topological polar surface area (TPSA) is 12.5 Å². The van der Waals surface area contributed by atoms with Gasteiger partial charge in [0.1, 0.15) is 0 Å². The fraction of sp³-hybridized carbons (Fsp3) is 1.00. The molecule has 0 N–H and O–H groups in total. The maximum Gasteiger partial charge on any atom is 0.0707 e. The predicted octanol–water partition coefficient (Wildman–Crippen LogP) is 2.96. The second-order valence-corrected chi connectivity index (χ2v) is 5.96. The van der Waals surface area contributed by atoms with Crippen molar-refractivity contribution < 1.29 is 4.74 Å². The van der Waals surface area contributed by atoms with E-state index in [9.17, 15) is 0 Å². The predicted molar refractivity (Wildman–Crippen MR) is 65.6 cm³/mol. The summed E-state index contributed by atoms with van der Waals surface area (Å²) < 4.78 is 5.99. The number of hydrogen-bond donors (Lipinski definition) is 0. The van der Waals surface area contributed by atoms with Crippen LogP contribution in [0.4, 0.5) is 0 Å². The molecule has 2 nitrogen and oxygen atoms in total. The zero-order valence-corrected chi connectivity index (χ0v) is 10.4. The van der Waals surface area contributed by atoms with Gasteiger partial charge in [-0.25, -0.2) is 0 Å². The van der Waals surface area contributed by atoms with Gasteiger partial charge in [0.05, 0.1) is 5.60 Å². The van der Waals surface area contributed by atoms with E-state index in [1.807, 2.05) is 0 Å². The van der Waals surface area contributed by atoms with Crippen LogP contribution in [0.2, 0.25) is 0 Å². The van der Waals surface area contributed by atoms with E-state index >= 15 is 0 Å². The second-order valence-electron chi connectivity index (χ2n) is 5.96. The zero-order valence-electron chi connectivity index (χ0n) is 10.4. The summed E-state index contributed by atoms with van der Waals surface area (Å²) in [5, 5.41) is 0. The third kappa shape index (κ3) is 2.14. The molecule has 0 aromatic heterocycles. The van der Waals surface area contributed by atoms with Crippen molar-refractivity contribution in [3.05, 3.63) is 0 Å². The van der Waals surface area contributed by atoms with Crippen LogP contribution in [0.25, 0.3) is 0 Å². The molecule has 0 atom stereocenters. The lowest BCUT2D eigenvalue weighted by Crippen LogP contribution is -2.48. The highest BCUT2D eigenvalue weighted by Crippen LogP contribution is 2.37. The number of ether oxygens (including phenoxy) is 1. The highest BCUT2D eigenvalue weighted by molar-refractivity contribution is 4.92. The zero-order chi connectivity index (χ0) is 10.8. The lowest BCUT2D eigenvalue weighted by atomic mass is 9.86. The second kappa shape index (κ2) is 4.66. The van der Waals surface area contributed by atoms with E-state index in [0.29, 0.717) is 5.60 Å². The molecule has 1 saturated carbocycles. The largest absolute Gasteiger partial charge is 0.375 e. The van der Waals surface area contributed by atoms with Gasteiger partial charge in [-0.1, -0.05) is 19.3 Å². The summed E-state index contributed by atoms with van der Waals surface area (Å²) in [4.78, 5) is 2.76. The van der Waals surface area contributed by atoms with Gasteiger partial charge in [0, 0.05) is 25.7 Å². The molecule has 0 amide bonds. The Morgan fingerprint density at radius 3 is 2.25 bits per heavy atom. The Labute approximate surface area is 99.3 Å². The smallest absolute Gasteiger partial charge is 0.0707 e. The molecule has 2 heteroatoms. The van der Waals surface area contributed by atoms with Crippen LogP contribution in [-0.2, 0) is 4.74 Å². The molecule has 16 heavy (non-hydrogen) atoms. The maximum absolute atomic E-state index is 5.99. The minimum atomic E-state index is 0.311. The van der Waals surface area contributed by atoms with Gasteiger partial charge >= 0.3 is 0 Å². The molecular weight excluding hydrogens is 198 g/mol. The molecule has 0 aromatic rings. The van der Waals surface area contributed by atoms with Crippen molar-refractivity contribution in [1.82, 2.24) is 4.90 Å². The van der Waals surface area contributed by atoms with E-state index < -0.39 is 0 Å². The van der Waals surface area contributed by atoms with Crippen molar-refractivity contribution in [2.24, 2.45) is 0 Å². The first-order valence-electron chi connectivity index (χ1n) is 7.26. The third-order valence-corrected chi connectivity index (χ3v) is 4.99. The van der Waals surface area contributed by atoms with Crippen LogP contribution >= 0.6 is 0 Å². The standard InChI is InChI=1S/C14H25NO/c1-2-5-13(6-3-1)15-10-8-14(9-11-15)7-4-12-16-14/h13H,1-12H2. The number of rotatable bonds is 1. The summed E-state index contributed by atoms with van der Waals surface area (Å²) in [7, 11) is 0. The molecule has 0 aromatic carbocycles. The average molecular weight is 223 g/mol. The summed E-state index contributed by atoms with van der Waals surface area (Å²) in [5.74, 6) is 0. The molecule has 2 aliphatic heterocycles. The van der Waals surface area contributed by atoms with Gasteiger partial charge in [0.25, 0.3) is 0 Å². The van der Waals surface area contributed by atoms with E-state index in [1.54, 1.807) is 0 Å². The average Bonchev–Trinajstić information content (AvgIpc) is 2.80. The molecule has 1 aliphatic carbocycles. The third-order valence-electron chi connectivity index (χ3n) is 4.99. The van der Waals surface area contributed by atoms with E-state index in [-0.39, 0.29) is 0 Å². The fourth-order valence-electron chi connectivity index (χ4n) is 3.89.